The van der Waals surface area contributed by atoms with Gasteiger partial charge in [0, 0.05) is 23.2 Å². The molecular weight excluding hydrogens is 354 g/mol. The Morgan fingerprint density at radius 3 is 2.81 bits per heavy atom. The molecule has 118 valence electrons. The summed E-state index contributed by atoms with van der Waals surface area (Å²) in [5.74, 6) is 0.382. The molecule has 1 aromatic carbocycles. The Kier molecular flexibility index (Phi) is 5.29. The van der Waals surface area contributed by atoms with Gasteiger partial charge in [-0.2, -0.15) is 0 Å². The number of aryl methyl sites for hydroxylation is 1. The van der Waals surface area contributed by atoms with Crippen LogP contribution in [0.25, 0.3) is 0 Å². The summed E-state index contributed by atoms with van der Waals surface area (Å²) in [6.45, 7) is 7.40. The first-order chi connectivity index (χ1) is 9.83. The molecule has 0 aromatic heterocycles. The van der Waals surface area contributed by atoms with Crippen LogP contribution in [0, 0.1) is 12.8 Å². The van der Waals surface area contributed by atoms with Gasteiger partial charge >= 0.3 is 0 Å². The molecule has 1 aliphatic rings. The molecule has 0 saturated carbocycles. The monoisotopic (exact) mass is 375 g/mol. The van der Waals surface area contributed by atoms with Gasteiger partial charge in [0.1, 0.15) is 0 Å². The fourth-order valence-corrected chi connectivity index (χ4v) is 4.46. The summed E-state index contributed by atoms with van der Waals surface area (Å²) in [6.07, 6.45) is 1.04. The molecule has 0 spiro atoms. The lowest BCUT2D eigenvalue weighted by molar-refractivity contribution is 0.342. The van der Waals surface area contributed by atoms with Gasteiger partial charge < -0.3 is 10.6 Å². The number of hydrogen-bond donors (Lipinski definition) is 2. The van der Waals surface area contributed by atoms with Crippen molar-refractivity contribution in [3.05, 3.63) is 22.2 Å². The molecule has 21 heavy (non-hydrogen) atoms. The number of sulfonamides is 1. The molecule has 0 radical (unpaired) electrons. The molecule has 3 N–H and O–H groups in total. The third-order valence-electron chi connectivity index (χ3n) is 3.96. The van der Waals surface area contributed by atoms with Crippen molar-refractivity contribution in [1.82, 2.24) is 9.62 Å². The normalized spacial score (nSPS) is 20.0. The van der Waals surface area contributed by atoms with Crippen LogP contribution < -0.4 is 10.5 Å². The van der Waals surface area contributed by atoms with Crippen LogP contribution in [0.5, 0.6) is 0 Å². The van der Waals surface area contributed by atoms with Crippen molar-refractivity contribution < 1.29 is 8.42 Å². The number of nitrogen functional groups attached to an aromatic ring is 1. The summed E-state index contributed by atoms with van der Waals surface area (Å²) in [5.41, 5.74) is 6.91. The first-order valence-corrected chi connectivity index (χ1v) is 9.38. The van der Waals surface area contributed by atoms with E-state index in [1.165, 1.54) is 6.07 Å². The number of anilines is 1. The Balaban J connectivity index is 2.07. The minimum Gasteiger partial charge on any atom is -0.398 e. The Bertz CT molecular complexity index is 619. The summed E-state index contributed by atoms with van der Waals surface area (Å²) < 4.78 is 28.3. The van der Waals surface area contributed by atoms with Crippen molar-refractivity contribution >= 4 is 31.6 Å². The molecule has 1 heterocycles. The Labute approximate surface area is 135 Å². The first-order valence-electron chi connectivity index (χ1n) is 7.11. The van der Waals surface area contributed by atoms with E-state index in [-0.39, 0.29) is 4.90 Å². The predicted molar refractivity (Wildman–Crippen MR) is 88.7 cm³/mol. The van der Waals surface area contributed by atoms with Crippen LogP contribution in [-0.2, 0) is 10.0 Å². The molecule has 1 fully saturated rings. The highest BCUT2D eigenvalue weighted by Crippen LogP contribution is 2.26. The highest BCUT2D eigenvalue weighted by atomic mass is 79.9. The third kappa shape index (κ3) is 3.97. The first kappa shape index (κ1) is 16.7. The standard InChI is InChI=1S/C14H22BrN3O2S/c1-3-18-5-4-11(9-18)8-17-21(19,20)14-7-13(16)12(15)6-10(14)2/h6-7,11,17H,3-5,8-9,16H2,1-2H3. The van der Waals surface area contributed by atoms with Crippen LogP contribution in [0.1, 0.15) is 18.9 Å². The number of halogens is 1. The van der Waals surface area contributed by atoms with Crippen molar-refractivity contribution in [3.8, 4) is 0 Å². The van der Waals surface area contributed by atoms with Crippen LogP contribution in [0.15, 0.2) is 21.5 Å². The number of nitrogens with zero attached hydrogens (tertiary/aromatic N) is 1. The number of likely N-dealkylation sites (tertiary alicyclic amines) is 1. The number of nitrogens with two attached hydrogens (primary N) is 1. The summed E-state index contributed by atoms with van der Waals surface area (Å²) in [4.78, 5) is 2.59. The summed E-state index contributed by atoms with van der Waals surface area (Å²) >= 11 is 3.31. The summed E-state index contributed by atoms with van der Waals surface area (Å²) in [6, 6.07) is 3.24. The Morgan fingerprint density at radius 2 is 2.19 bits per heavy atom. The van der Waals surface area contributed by atoms with E-state index in [4.69, 9.17) is 5.73 Å². The molecule has 1 unspecified atom stereocenters. The van der Waals surface area contributed by atoms with Gasteiger partial charge in [-0.1, -0.05) is 6.92 Å². The largest absolute Gasteiger partial charge is 0.398 e. The molecule has 0 aliphatic carbocycles. The summed E-state index contributed by atoms with van der Waals surface area (Å²) in [7, 11) is -3.51. The van der Waals surface area contributed by atoms with E-state index >= 15 is 0 Å². The Morgan fingerprint density at radius 1 is 1.48 bits per heavy atom. The van der Waals surface area contributed by atoms with Crippen molar-refractivity contribution in [1.29, 1.82) is 0 Å². The fourth-order valence-electron chi connectivity index (χ4n) is 2.63. The lowest BCUT2D eigenvalue weighted by atomic mass is 10.1. The van der Waals surface area contributed by atoms with E-state index in [0.29, 0.717) is 28.2 Å². The van der Waals surface area contributed by atoms with Crippen molar-refractivity contribution in [3.63, 3.8) is 0 Å². The van der Waals surface area contributed by atoms with Gasteiger partial charge in [0.2, 0.25) is 10.0 Å². The second-order valence-electron chi connectivity index (χ2n) is 5.54. The van der Waals surface area contributed by atoms with Gasteiger partial charge in [0.15, 0.2) is 0 Å². The van der Waals surface area contributed by atoms with Gasteiger partial charge in [-0.15, -0.1) is 0 Å². The second-order valence-corrected chi connectivity index (χ2v) is 8.13. The average molecular weight is 376 g/mol. The highest BCUT2D eigenvalue weighted by molar-refractivity contribution is 9.10. The lowest BCUT2D eigenvalue weighted by Crippen LogP contribution is -2.31. The van der Waals surface area contributed by atoms with Gasteiger partial charge in [-0.25, -0.2) is 13.1 Å². The zero-order valence-electron chi connectivity index (χ0n) is 12.4. The molecule has 5 nitrogen and oxygen atoms in total. The molecule has 1 saturated heterocycles. The van der Waals surface area contributed by atoms with Gasteiger partial charge in [-0.3, -0.25) is 0 Å². The van der Waals surface area contributed by atoms with Gasteiger partial charge in [0.05, 0.1) is 4.90 Å². The maximum atomic E-state index is 12.4. The van der Waals surface area contributed by atoms with Crippen LogP contribution in [0.4, 0.5) is 5.69 Å². The SMILES string of the molecule is CCN1CCC(CNS(=O)(=O)c2cc(N)c(Br)cc2C)C1. The highest BCUT2D eigenvalue weighted by Gasteiger charge is 2.24. The molecule has 1 aromatic rings. The third-order valence-corrected chi connectivity index (χ3v) is 6.22. The van der Waals surface area contributed by atoms with Crippen molar-refractivity contribution in [2.75, 3.05) is 31.9 Å². The van der Waals surface area contributed by atoms with Gasteiger partial charge in [-0.05, 0) is 66.0 Å². The van der Waals surface area contributed by atoms with Crippen molar-refractivity contribution in [2.24, 2.45) is 5.92 Å². The lowest BCUT2D eigenvalue weighted by Gasteiger charge is -2.15. The zero-order valence-corrected chi connectivity index (χ0v) is 14.8. The fraction of sp³-hybridized carbons (Fsp3) is 0.571. The molecule has 7 heteroatoms. The number of rotatable bonds is 5. The van der Waals surface area contributed by atoms with E-state index in [2.05, 4.69) is 32.5 Å². The van der Waals surface area contributed by atoms with E-state index in [9.17, 15) is 8.42 Å². The maximum Gasteiger partial charge on any atom is 0.240 e. The van der Waals surface area contributed by atoms with Crippen LogP contribution >= 0.6 is 15.9 Å². The van der Waals surface area contributed by atoms with E-state index < -0.39 is 10.0 Å². The smallest absolute Gasteiger partial charge is 0.240 e. The zero-order chi connectivity index (χ0) is 15.6. The second kappa shape index (κ2) is 6.64. The average Bonchev–Trinajstić information content (AvgIpc) is 2.88. The quantitative estimate of drug-likeness (QED) is 0.771. The molecule has 0 amide bonds. The predicted octanol–water partition coefficient (Wildman–Crippen LogP) is 1.96. The van der Waals surface area contributed by atoms with Crippen LogP contribution in [0.2, 0.25) is 0 Å². The van der Waals surface area contributed by atoms with Gasteiger partial charge in [0.25, 0.3) is 0 Å². The maximum absolute atomic E-state index is 12.4. The molecular formula is C14H22BrN3O2S. The Hall–Kier alpha value is -0.630. The topological polar surface area (TPSA) is 75.4 Å². The van der Waals surface area contributed by atoms with E-state index in [0.717, 1.165) is 26.1 Å². The number of nitrogens with one attached hydrogen (secondary N) is 1. The van der Waals surface area contributed by atoms with Crippen LogP contribution in [0.3, 0.4) is 0 Å². The van der Waals surface area contributed by atoms with Crippen LogP contribution in [-0.4, -0.2) is 39.5 Å². The minimum atomic E-state index is -3.51. The molecule has 0 bridgehead atoms. The minimum absolute atomic E-state index is 0.258. The molecule has 1 atom stereocenters. The van der Waals surface area contributed by atoms with Crippen molar-refractivity contribution in [2.45, 2.75) is 25.2 Å². The molecule has 2 rings (SSSR count). The molecule has 1 aliphatic heterocycles. The van der Waals surface area contributed by atoms with E-state index in [1.54, 1.807) is 13.0 Å². The number of hydrogen-bond acceptors (Lipinski definition) is 4. The number of benzene rings is 1. The summed E-state index contributed by atoms with van der Waals surface area (Å²) in [5, 5.41) is 0. The van der Waals surface area contributed by atoms with E-state index in [1.807, 2.05) is 0 Å².